The zero-order chi connectivity index (χ0) is 37.0. The van der Waals surface area contributed by atoms with Gasteiger partial charge in [0.1, 0.15) is 6.17 Å². The van der Waals surface area contributed by atoms with Gasteiger partial charge < -0.3 is 9.88 Å². The molecule has 11 rings (SSSR count). The van der Waals surface area contributed by atoms with Crippen LogP contribution >= 0.6 is 0 Å². The van der Waals surface area contributed by atoms with Gasteiger partial charge in [0, 0.05) is 32.8 Å². The number of nitrogens with one attached hydrogen (secondary N) is 1. The summed E-state index contributed by atoms with van der Waals surface area (Å²) in [6, 6.07) is 71.1. The number of fused-ring (bicyclic) bond motifs is 6. The average Bonchev–Trinajstić information content (AvgIpc) is 3.79. The molecule has 5 nitrogen and oxygen atoms in total. The van der Waals surface area contributed by atoms with Crippen molar-refractivity contribution in [2.75, 3.05) is 0 Å². The van der Waals surface area contributed by atoms with Gasteiger partial charge in [0.25, 0.3) is 0 Å². The SMILES string of the molecule is c1ccc(C2=NC(c3ccccc3)NC(n3c4ccccc4c4ccc(-c5ccc(-c6ccc7c8ccccc8n(-c8ccccc8)c7c6)cc5)cc43)=N2)cc1. The van der Waals surface area contributed by atoms with E-state index < -0.39 is 0 Å². The third-order valence-corrected chi connectivity index (χ3v) is 11.0. The number of nitrogens with zero attached hydrogens (tertiary/aromatic N) is 4. The molecule has 10 aromatic rings. The molecule has 0 saturated carbocycles. The number of aliphatic imine (C=N–C) groups is 2. The maximum atomic E-state index is 5.20. The molecule has 264 valence electrons. The van der Waals surface area contributed by atoms with Gasteiger partial charge in [-0.15, -0.1) is 0 Å². The first-order valence-corrected chi connectivity index (χ1v) is 19.0. The summed E-state index contributed by atoms with van der Waals surface area (Å²) in [6.45, 7) is 0. The minimum atomic E-state index is -0.293. The Balaban J connectivity index is 1.01. The van der Waals surface area contributed by atoms with Crippen LogP contribution in [0.3, 0.4) is 0 Å². The lowest BCUT2D eigenvalue weighted by atomic mass is 9.98. The molecule has 0 bridgehead atoms. The van der Waals surface area contributed by atoms with Crippen molar-refractivity contribution in [3.05, 3.63) is 211 Å². The highest BCUT2D eigenvalue weighted by atomic mass is 15.3. The lowest BCUT2D eigenvalue weighted by Crippen LogP contribution is -2.37. The number of hydrogen-bond acceptors (Lipinski definition) is 3. The molecule has 1 aliphatic rings. The van der Waals surface area contributed by atoms with E-state index in [1.54, 1.807) is 0 Å². The molecule has 5 heteroatoms. The van der Waals surface area contributed by atoms with E-state index in [4.69, 9.17) is 9.98 Å². The summed E-state index contributed by atoms with van der Waals surface area (Å²) < 4.78 is 4.64. The summed E-state index contributed by atoms with van der Waals surface area (Å²) in [6.07, 6.45) is -0.293. The van der Waals surface area contributed by atoms with Gasteiger partial charge in [0.05, 0.1) is 22.1 Å². The molecule has 1 atom stereocenters. The third-order valence-electron chi connectivity index (χ3n) is 11.0. The Labute approximate surface area is 324 Å². The fourth-order valence-electron chi connectivity index (χ4n) is 8.31. The van der Waals surface area contributed by atoms with Crippen LogP contribution in [0.5, 0.6) is 0 Å². The van der Waals surface area contributed by atoms with Gasteiger partial charge in [-0.25, -0.2) is 4.99 Å². The molecule has 2 aromatic heterocycles. The number of benzene rings is 8. The number of hydrogen-bond donors (Lipinski definition) is 1. The second-order valence-corrected chi connectivity index (χ2v) is 14.3. The van der Waals surface area contributed by atoms with Crippen LogP contribution in [0.1, 0.15) is 17.3 Å². The lowest BCUT2D eigenvalue weighted by molar-refractivity contribution is 0.661. The van der Waals surface area contributed by atoms with Gasteiger partial charge >= 0.3 is 0 Å². The van der Waals surface area contributed by atoms with E-state index in [2.05, 4.69) is 190 Å². The zero-order valence-electron chi connectivity index (χ0n) is 30.4. The molecule has 0 aliphatic carbocycles. The van der Waals surface area contributed by atoms with Crippen molar-refractivity contribution in [3.63, 3.8) is 0 Å². The molecule has 8 aromatic carbocycles. The van der Waals surface area contributed by atoms with Crippen molar-refractivity contribution in [1.29, 1.82) is 0 Å². The lowest BCUT2D eigenvalue weighted by Gasteiger charge is -2.24. The molecule has 0 amide bonds. The molecule has 3 heterocycles. The van der Waals surface area contributed by atoms with Gasteiger partial charge in [0.15, 0.2) is 5.84 Å². The largest absolute Gasteiger partial charge is 0.330 e. The average molecular weight is 718 g/mol. The number of rotatable bonds is 5. The van der Waals surface area contributed by atoms with Crippen LogP contribution in [0.25, 0.3) is 71.6 Å². The summed E-state index contributed by atoms with van der Waals surface area (Å²) in [5.41, 5.74) is 12.5. The van der Waals surface area contributed by atoms with Crippen molar-refractivity contribution < 1.29 is 0 Å². The van der Waals surface area contributed by atoms with Crippen LogP contribution < -0.4 is 5.32 Å². The van der Waals surface area contributed by atoms with E-state index in [0.29, 0.717) is 5.84 Å². The van der Waals surface area contributed by atoms with Crippen molar-refractivity contribution in [3.8, 4) is 27.9 Å². The molecular weight excluding hydrogens is 683 g/mol. The Morgan fingerprint density at radius 3 is 1.45 bits per heavy atom. The quantitative estimate of drug-likeness (QED) is 0.189. The minimum Gasteiger partial charge on any atom is -0.330 e. The number of aromatic nitrogens is 2. The van der Waals surface area contributed by atoms with E-state index in [1.165, 1.54) is 43.7 Å². The summed E-state index contributed by atoms with van der Waals surface area (Å²) >= 11 is 0. The van der Waals surface area contributed by atoms with Crippen molar-refractivity contribution in [2.24, 2.45) is 9.98 Å². The smallest absolute Gasteiger partial charge is 0.211 e. The van der Waals surface area contributed by atoms with Crippen LogP contribution in [0.2, 0.25) is 0 Å². The van der Waals surface area contributed by atoms with Crippen LogP contribution in [-0.4, -0.2) is 20.9 Å². The third kappa shape index (κ3) is 5.32. The summed E-state index contributed by atoms with van der Waals surface area (Å²) in [5.74, 6) is 1.45. The Bertz CT molecular complexity index is 3140. The van der Waals surface area contributed by atoms with Crippen molar-refractivity contribution in [1.82, 2.24) is 14.5 Å². The highest BCUT2D eigenvalue weighted by molar-refractivity contribution is 6.17. The Morgan fingerprint density at radius 2 is 0.839 bits per heavy atom. The first kappa shape index (κ1) is 32.0. The summed E-state index contributed by atoms with van der Waals surface area (Å²) in [7, 11) is 0. The molecule has 0 fully saturated rings. The molecule has 1 unspecified atom stereocenters. The minimum absolute atomic E-state index is 0.293. The van der Waals surface area contributed by atoms with E-state index in [-0.39, 0.29) is 6.17 Å². The van der Waals surface area contributed by atoms with Crippen LogP contribution in [0, 0.1) is 0 Å². The molecule has 0 radical (unpaired) electrons. The monoisotopic (exact) mass is 717 g/mol. The van der Waals surface area contributed by atoms with Gasteiger partial charge in [0.2, 0.25) is 5.96 Å². The highest BCUT2D eigenvalue weighted by Crippen LogP contribution is 2.37. The first-order valence-electron chi connectivity index (χ1n) is 19.0. The Morgan fingerprint density at radius 1 is 0.375 bits per heavy atom. The van der Waals surface area contributed by atoms with E-state index in [9.17, 15) is 0 Å². The maximum absolute atomic E-state index is 5.20. The Kier molecular flexibility index (Phi) is 7.49. The number of para-hydroxylation sites is 3. The van der Waals surface area contributed by atoms with Gasteiger partial charge in [-0.05, 0) is 64.2 Å². The van der Waals surface area contributed by atoms with Crippen molar-refractivity contribution in [2.45, 2.75) is 6.17 Å². The van der Waals surface area contributed by atoms with E-state index in [0.717, 1.165) is 44.9 Å². The van der Waals surface area contributed by atoms with E-state index >= 15 is 0 Å². The van der Waals surface area contributed by atoms with Gasteiger partial charge in [-0.2, -0.15) is 4.99 Å². The van der Waals surface area contributed by atoms with Crippen LogP contribution in [0.4, 0.5) is 0 Å². The molecule has 1 aliphatic heterocycles. The van der Waals surface area contributed by atoms with Gasteiger partial charge in [-0.3, -0.25) is 4.57 Å². The predicted octanol–water partition coefficient (Wildman–Crippen LogP) is 12.2. The molecule has 0 saturated heterocycles. The van der Waals surface area contributed by atoms with Gasteiger partial charge in [-0.1, -0.05) is 164 Å². The normalized spacial score (nSPS) is 14.2. The topological polar surface area (TPSA) is 46.6 Å². The summed E-state index contributed by atoms with van der Waals surface area (Å²) in [4.78, 5) is 10.3. The summed E-state index contributed by atoms with van der Waals surface area (Å²) in [5, 5.41) is 8.56. The second kappa shape index (κ2) is 13.1. The first-order chi connectivity index (χ1) is 27.8. The second-order valence-electron chi connectivity index (χ2n) is 14.3. The Hall–Kier alpha value is -7.50. The molecule has 0 spiro atoms. The standard InChI is InChI=1S/C51H35N5/c1-4-14-36(15-5-1)49-52-50(37-16-6-2-7-17-37)54-51(53-49)56-46-23-13-11-21-42(46)44-31-29-39(33-48(44)56)35-26-24-34(25-27-35)38-28-30-43-41-20-10-12-22-45(41)55(47(43)32-38)40-18-8-3-9-19-40/h1-33,49H,(H,52,53,54). The zero-order valence-corrected chi connectivity index (χ0v) is 30.4. The van der Waals surface area contributed by atoms with Crippen LogP contribution in [0.15, 0.2) is 210 Å². The predicted molar refractivity (Wildman–Crippen MR) is 233 cm³/mol. The highest BCUT2D eigenvalue weighted by Gasteiger charge is 2.24. The van der Waals surface area contributed by atoms with Crippen LogP contribution in [-0.2, 0) is 0 Å². The fraction of sp³-hybridized carbons (Fsp3) is 0.0196. The number of amidine groups is 1. The molecule has 56 heavy (non-hydrogen) atoms. The van der Waals surface area contributed by atoms with E-state index in [1.807, 2.05) is 24.3 Å². The van der Waals surface area contributed by atoms with Crippen molar-refractivity contribution >= 4 is 55.4 Å². The molecule has 1 N–H and O–H groups in total. The maximum Gasteiger partial charge on any atom is 0.211 e. The fourth-order valence-corrected chi connectivity index (χ4v) is 8.31. The molecular formula is C51H35N5.